The van der Waals surface area contributed by atoms with Crippen LogP contribution in [0.25, 0.3) is 0 Å². The molecule has 0 radical (unpaired) electrons. The maximum atomic E-state index is 11.6. The fraction of sp³-hybridized carbons (Fsp3) is 0.500. The highest BCUT2D eigenvalue weighted by atomic mass is 16.1. The molecule has 0 aliphatic rings. The Bertz CT molecular complexity index is 359. The van der Waals surface area contributed by atoms with Gasteiger partial charge in [0, 0.05) is 12.1 Å². The zero-order valence-electron chi connectivity index (χ0n) is 10.7. The topological polar surface area (TPSA) is 29.1 Å². The minimum Gasteiger partial charge on any atom is -0.326 e. The molecule has 0 spiro atoms. The zero-order valence-corrected chi connectivity index (χ0v) is 10.7. The number of hydrogen-bond donors (Lipinski definition) is 1. The minimum absolute atomic E-state index is 0.122. The van der Waals surface area contributed by atoms with Crippen molar-refractivity contribution in [2.45, 2.75) is 47.0 Å². The summed E-state index contributed by atoms with van der Waals surface area (Å²) < 4.78 is 0. The monoisotopic (exact) mass is 219 g/mol. The largest absolute Gasteiger partial charge is 0.326 e. The molecule has 16 heavy (non-hydrogen) atoms. The molecule has 0 saturated carbocycles. The van der Waals surface area contributed by atoms with Gasteiger partial charge in [0.1, 0.15) is 0 Å². The van der Waals surface area contributed by atoms with Crippen LogP contribution in [0.15, 0.2) is 12.1 Å². The third-order valence-corrected chi connectivity index (χ3v) is 2.70. The van der Waals surface area contributed by atoms with E-state index in [1.165, 1.54) is 5.56 Å². The first kappa shape index (κ1) is 12.8. The van der Waals surface area contributed by atoms with Gasteiger partial charge in [0.15, 0.2) is 0 Å². The summed E-state index contributed by atoms with van der Waals surface area (Å²) in [6, 6.07) is 4.20. The summed E-state index contributed by atoms with van der Waals surface area (Å²) in [5.41, 5.74) is 4.50. The molecule has 0 aliphatic carbocycles. The van der Waals surface area contributed by atoms with Gasteiger partial charge in [-0.2, -0.15) is 0 Å². The number of carbonyl (C=O) groups is 1. The molecule has 88 valence electrons. The average Bonchev–Trinajstić information content (AvgIpc) is 2.20. The number of rotatable bonds is 4. The first-order valence-corrected chi connectivity index (χ1v) is 5.92. The van der Waals surface area contributed by atoms with Crippen molar-refractivity contribution in [2.24, 2.45) is 0 Å². The van der Waals surface area contributed by atoms with Crippen molar-refractivity contribution in [2.75, 3.05) is 5.32 Å². The fourth-order valence-corrected chi connectivity index (χ4v) is 1.92. The van der Waals surface area contributed by atoms with E-state index in [1.807, 2.05) is 13.8 Å². The summed E-state index contributed by atoms with van der Waals surface area (Å²) >= 11 is 0. The summed E-state index contributed by atoms with van der Waals surface area (Å²) in [7, 11) is 0. The predicted molar refractivity (Wildman–Crippen MR) is 68.8 cm³/mol. The fourth-order valence-electron chi connectivity index (χ4n) is 1.92. The van der Waals surface area contributed by atoms with Crippen molar-refractivity contribution in [3.63, 3.8) is 0 Å². The number of nitrogens with one attached hydrogen (secondary N) is 1. The Morgan fingerprint density at radius 2 is 1.75 bits per heavy atom. The summed E-state index contributed by atoms with van der Waals surface area (Å²) in [6.07, 6.45) is 2.62. The molecule has 0 unspecified atom stereocenters. The van der Waals surface area contributed by atoms with Crippen molar-refractivity contribution in [1.29, 1.82) is 0 Å². The molecule has 1 amide bonds. The molecule has 2 heteroatoms. The number of aryl methyl sites for hydroxylation is 3. The average molecular weight is 219 g/mol. The van der Waals surface area contributed by atoms with Gasteiger partial charge in [-0.05, 0) is 38.3 Å². The van der Waals surface area contributed by atoms with E-state index >= 15 is 0 Å². The lowest BCUT2D eigenvalue weighted by Crippen LogP contribution is -2.13. The van der Waals surface area contributed by atoms with Gasteiger partial charge < -0.3 is 5.32 Å². The molecule has 0 bridgehead atoms. The molecule has 1 aromatic carbocycles. The van der Waals surface area contributed by atoms with Gasteiger partial charge in [0.2, 0.25) is 5.91 Å². The quantitative estimate of drug-likeness (QED) is 0.821. The van der Waals surface area contributed by atoms with Crippen molar-refractivity contribution >= 4 is 11.6 Å². The van der Waals surface area contributed by atoms with E-state index in [-0.39, 0.29) is 5.91 Å². The summed E-state index contributed by atoms with van der Waals surface area (Å²) in [5.74, 6) is 0.122. The first-order chi connectivity index (χ1) is 7.54. The number of benzene rings is 1. The highest BCUT2D eigenvalue weighted by molar-refractivity contribution is 5.92. The van der Waals surface area contributed by atoms with Crippen LogP contribution in [0, 0.1) is 20.8 Å². The molecular weight excluding hydrogens is 198 g/mol. The number of anilines is 1. The molecule has 0 aliphatic heterocycles. The lowest BCUT2D eigenvalue weighted by molar-refractivity contribution is -0.116. The van der Waals surface area contributed by atoms with Crippen LogP contribution >= 0.6 is 0 Å². The number of carbonyl (C=O) groups excluding carboxylic acids is 1. The Balaban J connectivity index is 2.77. The lowest BCUT2D eigenvalue weighted by Gasteiger charge is -2.12. The van der Waals surface area contributed by atoms with E-state index in [0.29, 0.717) is 6.42 Å². The SMILES string of the molecule is CCCCC(=O)Nc1c(C)cc(C)cc1C. The van der Waals surface area contributed by atoms with Gasteiger partial charge in [0.25, 0.3) is 0 Å². The Hall–Kier alpha value is -1.31. The van der Waals surface area contributed by atoms with E-state index < -0.39 is 0 Å². The third kappa shape index (κ3) is 3.37. The smallest absolute Gasteiger partial charge is 0.224 e. The second-order valence-corrected chi connectivity index (χ2v) is 4.43. The van der Waals surface area contributed by atoms with Crippen LogP contribution in [-0.2, 0) is 4.79 Å². The van der Waals surface area contributed by atoms with Gasteiger partial charge in [-0.25, -0.2) is 0 Å². The highest BCUT2D eigenvalue weighted by Crippen LogP contribution is 2.22. The molecule has 0 heterocycles. The lowest BCUT2D eigenvalue weighted by atomic mass is 10.0. The molecule has 2 nitrogen and oxygen atoms in total. The third-order valence-electron chi connectivity index (χ3n) is 2.70. The normalized spacial score (nSPS) is 10.2. The number of unbranched alkanes of at least 4 members (excludes halogenated alkanes) is 1. The second kappa shape index (κ2) is 5.69. The van der Waals surface area contributed by atoms with Gasteiger partial charge in [-0.15, -0.1) is 0 Å². The van der Waals surface area contributed by atoms with Crippen LogP contribution in [-0.4, -0.2) is 5.91 Å². The zero-order chi connectivity index (χ0) is 12.1. The molecular formula is C14H21NO. The van der Waals surface area contributed by atoms with Gasteiger partial charge in [-0.1, -0.05) is 31.0 Å². The molecule has 0 aromatic heterocycles. The van der Waals surface area contributed by atoms with E-state index in [1.54, 1.807) is 0 Å². The maximum Gasteiger partial charge on any atom is 0.224 e. The van der Waals surface area contributed by atoms with Crippen LogP contribution in [0.2, 0.25) is 0 Å². The Labute approximate surface area is 98.1 Å². The summed E-state index contributed by atoms with van der Waals surface area (Å²) in [4.78, 5) is 11.6. The summed E-state index contributed by atoms with van der Waals surface area (Å²) in [6.45, 7) is 8.24. The maximum absolute atomic E-state index is 11.6. The Kier molecular flexibility index (Phi) is 4.53. The van der Waals surface area contributed by atoms with Gasteiger partial charge in [0.05, 0.1) is 0 Å². The Morgan fingerprint density at radius 1 is 1.19 bits per heavy atom. The molecule has 0 fully saturated rings. The molecule has 1 rings (SSSR count). The van der Waals surface area contributed by atoms with Crippen molar-refractivity contribution < 1.29 is 4.79 Å². The van der Waals surface area contributed by atoms with Crippen molar-refractivity contribution in [1.82, 2.24) is 0 Å². The van der Waals surface area contributed by atoms with Crippen LogP contribution in [0.5, 0.6) is 0 Å². The number of hydrogen-bond acceptors (Lipinski definition) is 1. The van der Waals surface area contributed by atoms with E-state index in [9.17, 15) is 4.79 Å². The van der Waals surface area contributed by atoms with Crippen molar-refractivity contribution in [3.8, 4) is 0 Å². The molecule has 1 N–H and O–H groups in total. The molecule has 1 aromatic rings. The second-order valence-electron chi connectivity index (χ2n) is 4.43. The van der Waals surface area contributed by atoms with E-state index in [0.717, 1.165) is 29.7 Å². The van der Waals surface area contributed by atoms with Crippen LogP contribution in [0.1, 0.15) is 42.9 Å². The summed E-state index contributed by atoms with van der Waals surface area (Å²) in [5, 5.41) is 3.00. The standard InChI is InChI=1S/C14H21NO/c1-5-6-7-13(16)15-14-11(3)8-10(2)9-12(14)4/h8-9H,5-7H2,1-4H3,(H,15,16). The van der Waals surface area contributed by atoms with E-state index in [4.69, 9.17) is 0 Å². The van der Waals surface area contributed by atoms with Crippen LogP contribution in [0.4, 0.5) is 5.69 Å². The predicted octanol–water partition coefficient (Wildman–Crippen LogP) is 3.74. The minimum atomic E-state index is 0.122. The van der Waals surface area contributed by atoms with E-state index in [2.05, 4.69) is 31.3 Å². The number of amides is 1. The van der Waals surface area contributed by atoms with Crippen molar-refractivity contribution in [3.05, 3.63) is 28.8 Å². The highest BCUT2D eigenvalue weighted by Gasteiger charge is 2.07. The Morgan fingerprint density at radius 3 is 2.25 bits per heavy atom. The van der Waals surface area contributed by atoms with Gasteiger partial charge in [-0.3, -0.25) is 4.79 Å². The van der Waals surface area contributed by atoms with Crippen LogP contribution in [0.3, 0.4) is 0 Å². The van der Waals surface area contributed by atoms with Gasteiger partial charge >= 0.3 is 0 Å². The molecule has 0 saturated heterocycles. The molecule has 0 atom stereocenters. The first-order valence-electron chi connectivity index (χ1n) is 5.92. The van der Waals surface area contributed by atoms with Crippen LogP contribution < -0.4 is 5.32 Å².